The van der Waals surface area contributed by atoms with E-state index in [1.54, 1.807) is 0 Å². The molecular formula is C15H26O2. The molecule has 2 aliphatic rings. The Morgan fingerprint density at radius 1 is 1.35 bits per heavy atom. The van der Waals surface area contributed by atoms with Crippen LogP contribution in [0.1, 0.15) is 40.0 Å². The van der Waals surface area contributed by atoms with E-state index in [-0.39, 0.29) is 18.1 Å². The van der Waals surface area contributed by atoms with E-state index < -0.39 is 0 Å². The second-order valence-electron chi connectivity index (χ2n) is 6.48. The number of hydrogen-bond acceptors (Lipinski definition) is 2. The van der Waals surface area contributed by atoms with Gasteiger partial charge in [-0.15, -0.1) is 0 Å². The van der Waals surface area contributed by atoms with Crippen LogP contribution < -0.4 is 0 Å². The summed E-state index contributed by atoms with van der Waals surface area (Å²) >= 11 is 0. The van der Waals surface area contributed by atoms with Gasteiger partial charge in [-0.2, -0.15) is 0 Å². The van der Waals surface area contributed by atoms with Gasteiger partial charge in [0.1, 0.15) is 0 Å². The summed E-state index contributed by atoms with van der Waals surface area (Å²) in [7, 11) is 0. The Morgan fingerprint density at radius 2 is 2.00 bits per heavy atom. The Balaban J connectivity index is 2.23. The molecule has 0 bridgehead atoms. The maximum atomic E-state index is 10.4. The van der Waals surface area contributed by atoms with Gasteiger partial charge in [-0.3, -0.25) is 0 Å². The molecule has 0 aromatic rings. The molecule has 2 saturated carbocycles. The molecule has 0 spiro atoms. The monoisotopic (exact) mass is 238 g/mol. The van der Waals surface area contributed by atoms with E-state index in [0.717, 1.165) is 19.3 Å². The average Bonchev–Trinajstić information content (AvgIpc) is 2.61. The van der Waals surface area contributed by atoms with Crippen molar-refractivity contribution >= 4 is 0 Å². The second kappa shape index (κ2) is 4.74. The van der Waals surface area contributed by atoms with Crippen molar-refractivity contribution in [3.63, 3.8) is 0 Å². The molecule has 2 fully saturated rings. The van der Waals surface area contributed by atoms with Crippen molar-refractivity contribution in [2.75, 3.05) is 0 Å². The van der Waals surface area contributed by atoms with Crippen molar-refractivity contribution in [1.29, 1.82) is 0 Å². The van der Waals surface area contributed by atoms with Crippen molar-refractivity contribution < 1.29 is 10.2 Å². The predicted molar refractivity (Wildman–Crippen MR) is 69.5 cm³/mol. The van der Waals surface area contributed by atoms with Crippen molar-refractivity contribution in [3.05, 3.63) is 12.2 Å². The summed E-state index contributed by atoms with van der Waals surface area (Å²) in [4.78, 5) is 0. The van der Waals surface area contributed by atoms with Gasteiger partial charge >= 0.3 is 0 Å². The maximum absolute atomic E-state index is 10.4. The normalized spacial score (nSPS) is 43.9. The molecule has 0 saturated heterocycles. The van der Waals surface area contributed by atoms with E-state index in [1.165, 1.54) is 5.57 Å². The lowest BCUT2D eigenvalue weighted by molar-refractivity contribution is 0.0131. The SMILES string of the molecule is C=C1CCC(O)C2C1C(C(O)C(C)C)C[C@@H]2C. The average molecular weight is 238 g/mol. The van der Waals surface area contributed by atoms with Crippen LogP contribution in [0.3, 0.4) is 0 Å². The highest BCUT2D eigenvalue weighted by Gasteiger charge is 2.50. The number of rotatable bonds is 2. The first kappa shape index (κ1) is 13.1. The Morgan fingerprint density at radius 3 is 2.59 bits per heavy atom. The number of aliphatic hydroxyl groups is 2. The Labute approximate surface area is 105 Å². The largest absolute Gasteiger partial charge is 0.393 e. The molecule has 17 heavy (non-hydrogen) atoms. The zero-order valence-electron chi connectivity index (χ0n) is 11.3. The van der Waals surface area contributed by atoms with Gasteiger partial charge < -0.3 is 10.2 Å². The standard InChI is InChI=1S/C15H26O2/c1-8(2)15(17)11-7-10(4)14-12(16)6-5-9(3)13(11)14/h8,10-17H,3,5-7H2,1-2,4H3/t10-,11?,12?,13?,14?,15?/m0/s1. The van der Waals surface area contributed by atoms with Crippen LogP contribution in [0, 0.1) is 29.6 Å². The van der Waals surface area contributed by atoms with Crippen LogP contribution in [0.2, 0.25) is 0 Å². The summed E-state index contributed by atoms with van der Waals surface area (Å²) in [5.74, 6) is 1.77. The minimum atomic E-state index is -0.255. The highest BCUT2D eigenvalue weighted by atomic mass is 16.3. The molecule has 6 atom stereocenters. The summed E-state index contributed by atoms with van der Waals surface area (Å²) in [6, 6.07) is 0. The quantitative estimate of drug-likeness (QED) is 0.726. The number of allylic oxidation sites excluding steroid dienone is 1. The van der Waals surface area contributed by atoms with E-state index in [9.17, 15) is 10.2 Å². The van der Waals surface area contributed by atoms with E-state index in [0.29, 0.717) is 23.7 Å². The summed E-state index contributed by atoms with van der Waals surface area (Å²) in [5.41, 5.74) is 1.26. The zero-order valence-corrected chi connectivity index (χ0v) is 11.3. The van der Waals surface area contributed by atoms with Crippen molar-refractivity contribution in [2.24, 2.45) is 29.6 Å². The molecule has 2 nitrogen and oxygen atoms in total. The van der Waals surface area contributed by atoms with Crippen molar-refractivity contribution in [1.82, 2.24) is 0 Å². The zero-order chi connectivity index (χ0) is 12.7. The summed E-state index contributed by atoms with van der Waals surface area (Å²) in [6.07, 6.45) is 2.37. The maximum Gasteiger partial charge on any atom is 0.0597 e. The third kappa shape index (κ3) is 2.17. The fourth-order valence-corrected chi connectivity index (χ4v) is 4.10. The van der Waals surface area contributed by atoms with Crippen LogP contribution in [0.15, 0.2) is 12.2 Å². The Bertz CT molecular complexity index is 297. The molecule has 2 aliphatic carbocycles. The van der Waals surface area contributed by atoms with Gasteiger partial charge in [0.2, 0.25) is 0 Å². The predicted octanol–water partition coefficient (Wildman–Crippen LogP) is 2.60. The van der Waals surface area contributed by atoms with Gasteiger partial charge in [0.15, 0.2) is 0 Å². The third-order valence-electron chi connectivity index (χ3n) is 4.98. The molecule has 0 amide bonds. The molecule has 98 valence electrons. The second-order valence-corrected chi connectivity index (χ2v) is 6.48. The molecule has 2 rings (SSSR count). The van der Waals surface area contributed by atoms with Gasteiger partial charge in [0.05, 0.1) is 12.2 Å². The molecule has 0 aliphatic heterocycles. The van der Waals surface area contributed by atoms with Gasteiger partial charge in [0, 0.05) is 0 Å². The highest BCUT2D eigenvalue weighted by molar-refractivity contribution is 5.15. The molecular weight excluding hydrogens is 212 g/mol. The van der Waals surface area contributed by atoms with E-state index in [4.69, 9.17) is 0 Å². The Hall–Kier alpha value is -0.340. The van der Waals surface area contributed by atoms with Crippen LogP contribution >= 0.6 is 0 Å². The van der Waals surface area contributed by atoms with Crippen molar-refractivity contribution in [2.45, 2.75) is 52.2 Å². The molecule has 0 aromatic carbocycles. The molecule has 0 heterocycles. The van der Waals surface area contributed by atoms with Crippen LogP contribution in [-0.2, 0) is 0 Å². The van der Waals surface area contributed by atoms with E-state index >= 15 is 0 Å². The first-order valence-electron chi connectivity index (χ1n) is 6.97. The molecule has 5 unspecified atom stereocenters. The number of aliphatic hydroxyl groups excluding tert-OH is 2. The smallest absolute Gasteiger partial charge is 0.0597 e. The van der Waals surface area contributed by atoms with Crippen LogP contribution in [0.5, 0.6) is 0 Å². The first-order valence-corrected chi connectivity index (χ1v) is 6.97. The van der Waals surface area contributed by atoms with Crippen LogP contribution in [0.25, 0.3) is 0 Å². The lowest BCUT2D eigenvalue weighted by Gasteiger charge is -2.38. The van der Waals surface area contributed by atoms with Gasteiger partial charge in [-0.05, 0) is 48.9 Å². The Kier molecular flexibility index (Phi) is 3.65. The van der Waals surface area contributed by atoms with E-state index in [2.05, 4.69) is 27.4 Å². The molecule has 2 N–H and O–H groups in total. The lowest BCUT2D eigenvalue weighted by Crippen LogP contribution is -2.38. The number of hydrogen-bond donors (Lipinski definition) is 2. The minimum Gasteiger partial charge on any atom is -0.393 e. The summed E-state index contributed by atoms with van der Waals surface area (Å²) in [6.45, 7) is 10.6. The van der Waals surface area contributed by atoms with E-state index in [1.807, 2.05) is 0 Å². The summed E-state index contributed by atoms with van der Waals surface area (Å²) < 4.78 is 0. The highest BCUT2D eigenvalue weighted by Crippen LogP contribution is 2.52. The first-order chi connectivity index (χ1) is 7.93. The van der Waals surface area contributed by atoms with Crippen LogP contribution in [0.4, 0.5) is 0 Å². The van der Waals surface area contributed by atoms with Crippen LogP contribution in [-0.4, -0.2) is 22.4 Å². The van der Waals surface area contributed by atoms with Gasteiger partial charge in [-0.1, -0.05) is 32.9 Å². The molecule has 0 radical (unpaired) electrons. The van der Waals surface area contributed by atoms with Gasteiger partial charge in [0.25, 0.3) is 0 Å². The lowest BCUT2D eigenvalue weighted by atomic mass is 9.70. The summed E-state index contributed by atoms with van der Waals surface area (Å²) in [5, 5.41) is 20.5. The molecule has 0 aromatic heterocycles. The minimum absolute atomic E-state index is 0.190. The topological polar surface area (TPSA) is 40.5 Å². The third-order valence-corrected chi connectivity index (χ3v) is 4.98. The fourth-order valence-electron chi connectivity index (χ4n) is 4.10. The molecule has 2 heteroatoms. The number of fused-ring (bicyclic) bond motifs is 1. The van der Waals surface area contributed by atoms with Gasteiger partial charge in [-0.25, -0.2) is 0 Å². The van der Waals surface area contributed by atoms with Crippen molar-refractivity contribution in [3.8, 4) is 0 Å². The fraction of sp³-hybridized carbons (Fsp3) is 0.867.